The minimum atomic E-state index is 0.724. The lowest BCUT2D eigenvalue weighted by Gasteiger charge is -1.97. The second kappa shape index (κ2) is 3.85. The predicted octanol–water partition coefficient (Wildman–Crippen LogP) is 4.01. The molecule has 3 aromatic rings. The fourth-order valence-electron chi connectivity index (χ4n) is 1.52. The van der Waals surface area contributed by atoms with Crippen LogP contribution in [0.15, 0.2) is 42.6 Å². The number of hydrogen-bond acceptors (Lipinski definition) is 3. The lowest BCUT2D eigenvalue weighted by molar-refractivity contribution is 1.33. The lowest BCUT2D eigenvalue weighted by Crippen LogP contribution is -1.78. The Hall–Kier alpha value is -1.45. The van der Waals surface area contributed by atoms with Crippen molar-refractivity contribution in [3.05, 3.63) is 47.6 Å². The highest BCUT2D eigenvalue weighted by Crippen LogP contribution is 2.33. The van der Waals surface area contributed by atoms with E-state index in [1.807, 2.05) is 36.4 Å². The maximum Gasteiger partial charge on any atom is 0.170 e. The number of thiazole rings is 1. The normalized spacial score (nSPS) is 10.8. The van der Waals surface area contributed by atoms with Crippen LogP contribution >= 0.6 is 22.9 Å². The van der Waals surface area contributed by atoms with E-state index in [-0.39, 0.29) is 0 Å². The fraction of sp³-hybridized carbons (Fsp3) is 0. The Labute approximate surface area is 102 Å². The second-order valence-corrected chi connectivity index (χ2v) is 4.76. The van der Waals surface area contributed by atoms with E-state index in [0.29, 0.717) is 0 Å². The van der Waals surface area contributed by atoms with Gasteiger partial charge >= 0.3 is 0 Å². The van der Waals surface area contributed by atoms with Crippen LogP contribution in [-0.4, -0.2) is 9.97 Å². The summed E-state index contributed by atoms with van der Waals surface area (Å²) in [7, 11) is 0. The van der Waals surface area contributed by atoms with Crippen molar-refractivity contribution >= 4 is 33.3 Å². The first-order valence-corrected chi connectivity index (χ1v) is 6.00. The van der Waals surface area contributed by atoms with E-state index in [9.17, 15) is 0 Å². The molecule has 78 valence electrons. The number of hydrogen-bond donors (Lipinski definition) is 0. The third-order valence-corrected chi connectivity index (χ3v) is 3.64. The summed E-state index contributed by atoms with van der Waals surface area (Å²) in [4.78, 5) is 8.68. The molecule has 0 amide bonds. The van der Waals surface area contributed by atoms with Crippen LogP contribution in [0.1, 0.15) is 0 Å². The Bertz CT molecular complexity index is 615. The Kier molecular flexibility index (Phi) is 2.35. The molecule has 4 heteroatoms. The van der Waals surface area contributed by atoms with Crippen molar-refractivity contribution in [2.24, 2.45) is 0 Å². The number of fused-ring (bicyclic) bond motifs is 1. The van der Waals surface area contributed by atoms with E-state index in [1.165, 1.54) is 0 Å². The average Bonchev–Trinajstić information content (AvgIpc) is 2.73. The second-order valence-electron chi connectivity index (χ2n) is 3.32. The zero-order valence-corrected chi connectivity index (χ0v) is 9.79. The Balaban J connectivity index is 2.23. The van der Waals surface area contributed by atoms with Crippen LogP contribution in [0, 0.1) is 0 Å². The summed E-state index contributed by atoms with van der Waals surface area (Å²) in [6, 6.07) is 11.6. The first-order chi connectivity index (χ1) is 7.84. The summed E-state index contributed by atoms with van der Waals surface area (Å²) in [5, 5.41) is 1.64. The van der Waals surface area contributed by atoms with Gasteiger partial charge in [0, 0.05) is 11.8 Å². The van der Waals surface area contributed by atoms with Gasteiger partial charge in [0.1, 0.15) is 5.01 Å². The molecule has 0 N–H and O–H groups in total. The topological polar surface area (TPSA) is 25.8 Å². The molecular weight excluding hydrogens is 240 g/mol. The van der Waals surface area contributed by atoms with Crippen LogP contribution in [-0.2, 0) is 0 Å². The molecule has 2 aromatic heterocycles. The molecular formula is C12H7ClN2S. The third-order valence-electron chi connectivity index (χ3n) is 2.27. The number of halogens is 1. The molecule has 16 heavy (non-hydrogen) atoms. The van der Waals surface area contributed by atoms with Crippen LogP contribution < -0.4 is 0 Å². The summed E-state index contributed by atoms with van der Waals surface area (Å²) >= 11 is 7.74. The monoisotopic (exact) mass is 246 g/mol. The molecule has 0 aliphatic rings. The zero-order valence-electron chi connectivity index (χ0n) is 8.22. The largest absolute Gasteiger partial charge is 0.236 e. The first kappa shape index (κ1) is 9.75. The van der Waals surface area contributed by atoms with E-state index in [0.717, 1.165) is 25.9 Å². The molecule has 0 bridgehead atoms. The summed E-state index contributed by atoms with van der Waals surface area (Å²) < 4.78 is 1.08. The van der Waals surface area contributed by atoms with Crippen molar-refractivity contribution in [3.63, 3.8) is 0 Å². The van der Waals surface area contributed by atoms with Gasteiger partial charge in [0.15, 0.2) is 5.65 Å². The first-order valence-electron chi connectivity index (χ1n) is 4.81. The van der Waals surface area contributed by atoms with Crippen molar-refractivity contribution in [2.75, 3.05) is 0 Å². The van der Waals surface area contributed by atoms with Crippen LogP contribution in [0.25, 0.3) is 20.9 Å². The molecule has 0 aliphatic carbocycles. The van der Waals surface area contributed by atoms with Crippen LogP contribution in [0.4, 0.5) is 0 Å². The quantitative estimate of drug-likeness (QED) is 0.648. The zero-order chi connectivity index (χ0) is 11.0. The van der Waals surface area contributed by atoms with Gasteiger partial charge in [0.2, 0.25) is 0 Å². The number of pyridine rings is 1. The summed E-state index contributed by atoms with van der Waals surface area (Å²) in [6.45, 7) is 0. The van der Waals surface area contributed by atoms with Crippen LogP contribution in [0.5, 0.6) is 0 Å². The van der Waals surface area contributed by atoms with Crippen molar-refractivity contribution in [3.8, 4) is 10.6 Å². The van der Waals surface area contributed by atoms with Gasteiger partial charge in [-0.25, -0.2) is 9.97 Å². The average molecular weight is 247 g/mol. The summed E-state index contributed by atoms with van der Waals surface area (Å²) in [5.74, 6) is 0. The molecule has 0 radical (unpaired) electrons. The van der Waals surface area contributed by atoms with E-state index in [1.54, 1.807) is 17.5 Å². The number of aromatic nitrogens is 2. The minimum Gasteiger partial charge on any atom is -0.236 e. The Morgan fingerprint density at radius 1 is 1.06 bits per heavy atom. The van der Waals surface area contributed by atoms with E-state index >= 15 is 0 Å². The fourth-order valence-corrected chi connectivity index (χ4v) is 2.76. The molecule has 2 nitrogen and oxygen atoms in total. The van der Waals surface area contributed by atoms with E-state index in [2.05, 4.69) is 9.97 Å². The molecule has 0 spiro atoms. The molecule has 0 fully saturated rings. The van der Waals surface area contributed by atoms with Crippen molar-refractivity contribution in [1.82, 2.24) is 9.97 Å². The molecule has 0 unspecified atom stereocenters. The SMILES string of the molecule is Clc1ccccc1-c1nc2ncccc2s1. The number of nitrogens with zero attached hydrogens (tertiary/aromatic N) is 2. The molecule has 1 aromatic carbocycles. The Morgan fingerprint density at radius 2 is 1.94 bits per heavy atom. The molecule has 0 aliphatic heterocycles. The third kappa shape index (κ3) is 1.58. The van der Waals surface area contributed by atoms with Crippen molar-refractivity contribution < 1.29 is 0 Å². The highest BCUT2D eigenvalue weighted by Gasteiger charge is 2.08. The van der Waals surface area contributed by atoms with Crippen molar-refractivity contribution in [2.45, 2.75) is 0 Å². The van der Waals surface area contributed by atoms with Gasteiger partial charge in [0.05, 0.1) is 9.72 Å². The minimum absolute atomic E-state index is 0.724. The maximum atomic E-state index is 6.13. The van der Waals surface area contributed by atoms with Gasteiger partial charge in [-0.15, -0.1) is 11.3 Å². The van der Waals surface area contributed by atoms with Gasteiger partial charge in [-0.3, -0.25) is 0 Å². The van der Waals surface area contributed by atoms with Crippen LogP contribution in [0.3, 0.4) is 0 Å². The van der Waals surface area contributed by atoms with Gasteiger partial charge in [-0.2, -0.15) is 0 Å². The Morgan fingerprint density at radius 3 is 2.75 bits per heavy atom. The highest BCUT2D eigenvalue weighted by molar-refractivity contribution is 7.21. The number of benzene rings is 1. The van der Waals surface area contributed by atoms with Crippen molar-refractivity contribution in [1.29, 1.82) is 0 Å². The molecule has 0 saturated carbocycles. The molecule has 2 heterocycles. The van der Waals surface area contributed by atoms with Gasteiger partial charge in [0.25, 0.3) is 0 Å². The highest BCUT2D eigenvalue weighted by atomic mass is 35.5. The number of rotatable bonds is 1. The van der Waals surface area contributed by atoms with E-state index in [4.69, 9.17) is 11.6 Å². The van der Waals surface area contributed by atoms with Crippen LogP contribution in [0.2, 0.25) is 5.02 Å². The standard InChI is InChI=1S/C12H7ClN2S/c13-9-5-2-1-4-8(9)12-15-11-10(16-12)6-3-7-14-11/h1-7H. The van der Waals surface area contributed by atoms with Gasteiger partial charge in [-0.05, 0) is 18.2 Å². The molecule has 0 atom stereocenters. The van der Waals surface area contributed by atoms with Gasteiger partial charge in [-0.1, -0.05) is 29.8 Å². The summed E-state index contributed by atoms with van der Waals surface area (Å²) in [6.07, 6.45) is 1.75. The maximum absolute atomic E-state index is 6.13. The molecule has 0 saturated heterocycles. The summed E-state index contributed by atoms with van der Waals surface area (Å²) in [5.41, 5.74) is 1.74. The lowest BCUT2D eigenvalue weighted by atomic mass is 10.2. The molecule has 3 rings (SSSR count). The smallest absolute Gasteiger partial charge is 0.170 e. The predicted molar refractivity (Wildman–Crippen MR) is 67.9 cm³/mol. The van der Waals surface area contributed by atoms with Gasteiger partial charge < -0.3 is 0 Å². The van der Waals surface area contributed by atoms with E-state index < -0.39 is 0 Å².